The Morgan fingerprint density at radius 1 is 0.400 bits per heavy atom. The molecular weight excluding hydrogens is 401 g/mol. The molecule has 0 spiro atoms. The molecule has 0 bridgehead atoms. The Morgan fingerprint density at radius 2 is 0.600 bits per heavy atom. The van der Waals surface area contributed by atoms with Crippen LogP contribution in [0.5, 0.6) is 0 Å². The van der Waals surface area contributed by atoms with E-state index in [0.717, 1.165) is 0 Å². The summed E-state index contributed by atoms with van der Waals surface area (Å²) in [6.45, 7) is 19.7. The van der Waals surface area contributed by atoms with E-state index < -0.39 is 0 Å². The zero-order valence-electron chi connectivity index (χ0n) is 14.3. The van der Waals surface area contributed by atoms with Crippen LogP contribution < -0.4 is 0 Å². The van der Waals surface area contributed by atoms with Gasteiger partial charge in [0.25, 0.3) is 0 Å². The maximum absolute atomic E-state index is 2.24. The van der Waals surface area contributed by atoms with Crippen molar-refractivity contribution in [2.24, 2.45) is 0 Å². The summed E-state index contributed by atoms with van der Waals surface area (Å²) in [7, 11) is 0. The second-order valence-corrected chi connectivity index (χ2v) is 5.89. The van der Waals surface area contributed by atoms with Crippen molar-refractivity contribution in [2.45, 2.75) is 62.3 Å². The zero-order chi connectivity index (χ0) is 14.9. The van der Waals surface area contributed by atoms with Crippen molar-refractivity contribution < 1.29 is 46.9 Å². The number of hydrogen-bond acceptors (Lipinski definition) is 0. The molecule has 10 radical (unpaired) electrons. The van der Waals surface area contributed by atoms with Crippen LogP contribution in [0, 0.1) is 107 Å². The molecule has 0 heterocycles. The van der Waals surface area contributed by atoms with Crippen molar-refractivity contribution in [1.29, 1.82) is 0 Å². The predicted octanol–water partition coefficient (Wildman–Crippen LogP) is 5.55. The summed E-state index contributed by atoms with van der Waals surface area (Å²) in [6.07, 6.45) is 2.24. The second kappa shape index (κ2) is 8.97. The smallest absolute Gasteiger partial charge is 0 e. The Bertz CT molecular complexity index is 218. The van der Waals surface area contributed by atoms with Gasteiger partial charge < -0.3 is 0 Å². The fourth-order valence-corrected chi connectivity index (χ4v) is 2.54. The summed E-state index contributed by atoms with van der Waals surface area (Å²) >= 11 is 0. The van der Waals surface area contributed by atoms with Gasteiger partial charge in [-0.05, 0) is 59.7 Å². The van der Waals surface area contributed by atoms with Crippen molar-refractivity contribution in [3.05, 3.63) is 59.7 Å². The van der Waals surface area contributed by atoms with Crippen molar-refractivity contribution in [3.8, 4) is 0 Å². The van der Waals surface area contributed by atoms with Crippen LogP contribution in [0.2, 0.25) is 0 Å². The molecule has 2 saturated carbocycles. The normalized spacial score (nSPS) is 26.9. The Balaban J connectivity index is 0.000000345. The number of rotatable bonds is 0. The van der Waals surface area contributed by atoms with Gasteiger partial charge in [-0.2, -0.15) is 0 Å². The van der Waals surface area contributed by atoms with Gasteiger partial charge in [-0.1, -0.05) is 62.3 Å². The molecule has 0 N–H and O–H groups in total. The van der Waals surface area contributed by atoms with Gasteiger partial charge in [0.1, 0.15) is 0 Å². The fourth-order valence-electron chi connectivity index (χ4n) is 2.54. The molecule has 0 aliphatic heterocycles. The van der Waals surface area contributed by atoms with Gasteiger partial charge >= 0.3 is 0 Å². The van der Waals surface area contributed by atoms with E-state index in [2.05, 4.69) is 68.7 Å². The summed E-state index contributed by atoms with van der Waals surface area (Å²) in [5.41, 5.74) is 0. The van der Waals surface area contributed by atoms with Gasteiger partial charge in [0.2, 0.25) is 0 Å². The number of hydrogen-bond donors (Lipinski definition) is 0. The van der Waals surface area contributed by atoms with Crippen LogP contribution in [0.1, 0.15) is 62.3 Å². The van der Waals surface area contributed by atoms with Crippen molar-refractivity contribution in [2.75, 3.05) is 0 Å². The molecule has 0 nitrogen and oxygen atoms in total. The molecule has 20 heavy (non-hydrogen) atoms. The molecular formula is C19H28Yb. The molecule has 0 aromatic heterocycles. The van der Waals surface area contributed by atoms with Crippen LogP contribution in [-0.2, 0) is 0 Å². The molecule has 1 heteroatoms. The van der Waals surface area contributed by atoms with Crippen molar-refractivity contribution >= 4 is 0 Å². The second-order valence-electron chi connectivity index (χ2n) is 5.89. The van der Waals surface area contributed by atoms with E-state index in [1.54, 1.807) is 0 Å². The van der Waals surface area contributed by atoms with Crippen molar-refractivity contribution in [1.82, 2.24) is 0 Å². The van der Waals surface area contributed by atoms with Gasteiger partial charge in [0, 0.05) is 46.9 Å². The van der Waals surface area contributed by atoms with Crippen LogP contribution in [-0.4, -0.2) is 0 Å². The van der Waals surface area contributed by atoms with Crippen LogP contribution in [0.3, 0.4) is 0 Å². The summed E-state index contributed by atoms with van der Waals surface area (Å²) in [5.74, 6) is 13.1. The third kappa shape index (κ3) is 4.76. The molecule has 0 amide bonds. The van der Waals surface area contributed by atoms with Crippen LogP contribution in [0.25, 0.3) is 0 Å². The third-order valence-electron chi connectivity index (χ3n) is 4.99. The SMILES string of the molecule is C[C]1[CH][C](C)[C](C)[C]1C.C[C]1[C](C)[C](C)[C](C)[C]1C.[Yb]. The maximum Gasteiger partial charge on any atom is 0 e. The van der Waals surface area contributed by atoms with E-state index in [4.69, 9.17) is 0 Å². The molecule has 2 rings (SSSR count). The Kier molecular flexibility index (Phi) is 9.65. The van der Waals surface area contributed by atoms with Gasteiger partial charge in [0.15, 0.2) is 0 Å². The molecule has 2 aliphatic carbocycles. The molecule has 2 aliphatic rings. The standard InChI is InChI=1S/C10H15.C9H13.Yb/c1-6-7(2)9(4)10(5)8(6)3;1-6-5-7(2)9(4)8(6)3;/h1-5H3;5H,1-4H3;. The molecule has 0 saturated heterocycles. The van der Waals surface area contributed by atoms with E-state index >= 15 is 0 Å². The first-order chi connectivity index (χ1) is 8.68. The van der Waals surface area contributed by atoms with E-state index in [9.17, 15) is 0 Å². The molecule has 0 aromatic rings. The molecule has 0 unspecified atom stereocenters. The first kappa shape index (κ1) is 21.5. The molecule has 0 atom stereocenters. The Labute approximate surface area is 167 Å². The van der Waals surface area contributed by atoms with E-state index in [1.165, 1.54) is 53.3 Å². The Hall–Kier alpha value is 1.52. The fraction of sp³-hybridized carbons (Fsp3) is 0.474. The van der Waals surface area contributed by atoms with E-state index in [0.29, 0.717) is 0 Å². The summed E-state index contributed by atoms with van der Waals surface area (Å²) in [6, 6.07) is 0. The topological polar surface area (TPSA) is 0 Å². The summed E-state index contributed by atoms with van der Waals surface area (Å²) < 4.78 is 0. The summed E-state index contributed by atoms with van der Waals surface area (Å²) in [5, 5.41) is 0. The van der Waals surface area contributed by atoms with Crippen LogP contribution in [0.15, 0.2) is 0 Å². The van der Waals surface area contributed by atoms with Gasteiger partial charge in [-0.25, -0.2) is 0 Å². The Morgan fingerprint density at radius 3 is 0.700 bits per heavy atom. The minimum atomic E-state index is 0. The van der Waals surface area contributed by atoms with E-state index in [1.807, 2.05) is 0 Å². The van der Waals surface area contributed by atoms with E-state index in [-0.39, 0.29) is 46.9 Å². The van der Waals surface area contributed by atoms with Gasteiger partial charge in [-0.3, -0.25) is 0 Å². The quantitative estimate of drug-likeness (QED) is 0.473. The largest absolute Gasteiger partial charge is 0.0582 e. The third-order valence-corrected chi connectivity index (χ3v) is 4.99. The molecule has 2 fully saturated rings. The average Bonchev–Trinajstić information content (AvgIpc) is 2.69. The molecule has 0 aromatic carbocycles. The summed E-state index contributed by atoms with van der Waals surface area (Å²) in [4.78, 5) is 0. The average molecular weight is 429 g/mol. The monoisotopic (exact) mass is 430 g/mol. The zero-order valence-corrected chi connectivity index (χ0v) is 16.1. The predicted molar refractivity (Wildman–Crippen MR) is 84.6 cm³/mol. The minimum Gasteiger partial charge on any atom is -0.0582 e. The first-order valence-electron chi connectivity index (χ1n) is 7.08. The van der Waals surface area contributed by atoms with Crippen molar-refractivity contribution in [3.63, 3.8) is 0 Å². The molecule has 118 valence electrons. The van der Waals surface area contributed by atoms with Crippen LogP contribution in [0.4, 0.5) is 0 Å². The van der Waals surface area contributed by atoms with Gasteiger partial charge in [-0.15, -0.1) is 0 Å². The van der Waals surface area contributed by atoms with Crippen LogP contribution >= 0.6 is 0 Å². The maximum atomic E-state index is 2.24. The minimum absolute atomic E-state index is 0. The first-order valence-corrected chi connectivity index (χ1v) is 7.08. The van der Waals surface area contributed by atoms with Gasteiger partial charge in [0.05, 0.1) is 0 Å².